The average Bonchev–Trinajstić information content (AvgIpc) is 2.00. The average molecular weight is 237 g/mol. The van der Waals surface area contributed by atoms with Crippen LogP contribution >= 0.6 is 0 Å². The highest BCUT2D eigenvalue weighted by molar-refractivity contribution is 7.90. The Hall–Kier alpha value is -1.11. The Morgan fingerprint density at radius 3 is 2.33 bits per heavy atom. The molecule has 7 heteroatoms. The Kier molecular flexibility index (Phi) is 5.92. The smallest absolute Gasteiger partial charge is 0.305 e. The molecule has 0 aliphatic heterocycles. The first-order valence-corrected chi connectivity index (χ1v) is 6.53. The van der Waals surface area contributed by atoms with Crippen LogP contribution in [0.3, 0.4) is 0 Å². The number of amides is 1. The van der Waals surface area contributed by atoms with Crippen molar-refractivity contribution in [3.05, 3.63) is 0 Å². The molecule has 88 valence electrons. The summed E-state index contributed by atoms with van der Waals surface area (Å²) in [5.74, 6) is -1.33. The van der Waals surface area contributed by atoms with Crippen molar-refractivity contribution < 1.29 is 23.1 Å². The topological polar surface area (TPSA) is 101 Å². The van der Waals surface area contributed by atoms with Gasteiger partial charge in [-0.1, -0.05) is 0 Å². The maximum atomic E-state index is 11.0. The minimum absolute atomic E-state index is 0.0284. The van der Waals surface area contributed by atoms with Gasteiger partial charge in [0.25, 0.3) is 0 Å². The van der Waals surface area contributed by atoms with Crippen LogP contribution < -0.4 is 5.32 Å². The Bertz CT molecular complexity index is 322. The lowest BCUT2D eigenvalue weighted by Gasteiger charge is -2.02. The lowest BCUT2D eigenvalue weighted by atomic mass is 10.3. The molecule has 0 bridgehead atoms. The van der Waals surface area contributed by atoms with E-state index in [1.54, 1.807) is 0 Å². The van der Waals surface area contributed by atoms with Crippen molar-refractivity contribution in [1.29, 1.82) is 0 Å². The lowest BCUT2D eigenvalue weighted by Crippen LogP contribution is -2.26. The number of hydrogen-bond acceptors (Lipinski definition) is 4. The summed E-state index contributed by atoms with van der Waals surface area (Å²) in [5.41, 5.74) is 0. The molecule has 0 heterocycles. The monoisotopic (exact) mass is 237 g/mol. The molecule has 6 nitrogen and oxygen atoms in total. The van der Waals surface area contributed by atoms with Gasteiger partial charge in [0.05, 0.1) is 12.2 Å². The molecule has 2 N–H and O–H groups in total. The van der Waals surface area contributed by atoms with Crippen molar-refractivity contribution in [3.8, 4) is 0 Å². The summed E-state index contributed by atoms with van der Waals surface area (Å²) in [6, 6.07) is 0. The summed E-state index contributed by atoms with van der Waals surface area (Å²) < 4.78 is 21.4. The Morgan fingerprint density at radius 1 is 1.27 bits per heavy atom. The van der Waals surface area contributed by atoms with Crippen molar-refractivity contribution in [2.45, 2.75) is 19.3 Å². The zero-order chi connectivity index (χ0) is 11.9. The van der Waals surface area contributed by atoms with Gasteiger partial charge in [-0.2, -0.15) is 0 Å². The van der Waals surface area contributed by atoms with Gasteiger partial charge in [0, 0.05) is 19.2 Å². The quantitative estimate of drug-likeness (QED) is 0.616. The molecular formula is C8H15NO5S. The first-order chi connectivity index (χ1) is 6.81. The maximum absolute atomic E-state index is 11.0. The maximum Gasteiger partial charge on any atom is 0.305 e. The summed E-state index contributed by atoms with van der Waals surface area (Å²) in [5, 5.41) is 10.7. The van der Waals surface area contributed by atoms with E-state index in [1.807, 2.05) is 0 Å². The van der Waals surface area contributed by atoms with Crippen LogP contribution in [0.1, 0.15) is 19.3 Å². The van der Waals surface area contributed by atoms with Gasteiger partial charge in [-0.15, -0.1) is 0 Å². The van der Waals surface area contributed by atoms with Gasteiger partial charge in [-0.25, -0.2) is 8.42 Å². The second-order valence-electron chi connectivity index (χ2n) is 3.23. The molecule has 0 aromatic rings. The summed E-state index contributed by atoms with van der Waals surface area (Å²) in [7, 11) is -3.03. The molecule has 15 heavy (non-hydrogen) atoms. The van der Waals surface area contributed by atoms with Gasteiger partial charge in [-0.3, -0.25) is 9.59 Å². The predicted octanol–water partition coefficient (Wildman–Crippen LogP) is -0.598. The fourth-order valence-electron chi connectivity index (χ4n) is 0.892. The van der Waals surface area contributed by atoms with Crippen molar-refractivity contribution in [2.24, 2.45) is 0 Å². The van der Waals surface area contributed by atoms with E-state index in [2.05, 4.69) is 5.32 Å². The first kappa shape index (κ1) is 13.9. The van der Waals surface area contributed by atoms with Gasteiger partial charge >= 0.3 is 5.97 Å². The molecule has 1 amide bonds. The van der Waals surface area contributed by atoms with Crippen LogP contribution in [-0.4, -0.2) is 44.0 Å². The Morgan fingerprint density at radius 2 is 1.87 bits per heavy atom. The van der Waals surface area contributed by atoms with Gasteiger partial charge < -0.3 is 10.4 Å². The summed E-state index contributed by atoms with van der Waals surface area (Å²) in [6.07, 6.45) is 1.34. The van der Waals surface area contributed by atoms with E-state index >= 15 is 0 Å². The standard InChI is InChI=1S/C8H15NO5S/c1-15(13,14)6-2-3-7(10)9-5-4-8(11)12/h2-6H2,1H3,(H,9,10)(H,11,12). The number of carboxylic acids is 1. The van der Waals surface area contributed by atoms with Crippen molar-refractivity contribution in [1.82, 2.24) is 5.32 Å². The number of carbonyl (C=O) groups is 2. The highest BCUT2D eigenvalue weighted by Crippen LogP contribution is 1.94. The van der Waals surface area contributed by atoms with Crippen LogP contribution in [0.4, 0.5) is 0 Å². The molecule has 0 radical (unpaired) electrons. The van der Waals surface area contributed by atoms with Crippen LogP contribution in [0.15, 0.2) is 0 Å². The van der Waals surface area contributed by atoms with Crippen molar-refractivity contribution in [3.63, 3.8) is 0 Å². The van der Waals surface area contributed by atoms with Crippen LogP contribution in [0.5, 0.6) is 0 Å². The number of sulfone groups is 1. The molecule has 0 atom stereocenters. The molecule has 0 aromatic carbocycles. The molecule has 0 rings (SSSR count). The Labute approximate surface area is 88.6 Å². The van der Waals surface area contributed by atoms with Crippen LogP contribution in [0.2, 0.25) is 0 Å². The highest BCUT2D eigenvalue weighted by Gasteiger charge is 2.06. The predicted molar refractivity (Wildman–Crippen MR) is 54.2 cm³/mol. The summed E-state index contributed by atoms with van der Waals surface area (Å²) in [6.45, 7) is 0.0764. The van der Waals surface area contributed by atoms with Crippen molar-refractivity contribution in [2.75, 3.05) is 18.6 Å². The van der Waals surface area contributed by atoms with E-state index in [0.29, 0.717) is 0 Å². The highest BCUT2D eigenvalue weighted by atomic mass is 32.2. The van der Waals surface area contributed by atoms with E-state index in [-0.39, 0.29) is 37.5 Å². The SMILES string of the molecule is CS(=O)(=O)CCCC(=O)NCCC(=O)O. The molecule has 0 unspecified atom stereocenters. The minimum atomic E-state index is -3.03. The number of rotatable bonds is 7. The zero-order valence-electron chi connectivity index (χ0n) is 8.52. The largest absolute Gasteiger partial charge is 0.481 e. The molecule has 0 saturated carbocycles. The van der Waals surface area contributed by atoms with Crippen LogP contribution in [-0.2, 0) is 19.4 Å². The van der Waals surface area contributed by atoms with E-state index in [0.717, 1.165) is 6.26 Å². The zero-order valence-corrected chi connectivity index (χ0v) is 9.34. The number of carbonyl (C=O) groups excluding carboxylic acids is 1. The molecule has 0 aliphatic carbocycles. The summed E-state index contributed by atoms with van der Waals surface area (Å²) >= 11 is 0. The molecular weight excluding hydrogens is 222 g/mol. The number of aliphatic carboxylic acids is 1. The number of hydrogen-bond donors (Lipinski definition) is 2. The molecule has 0 aliphatic rings. The summed E-state index contributed by atoms with van der Waals surface area (Å²) in [4.78, 5) is 21.1. The third-order valence-electron chi connectivity index (χ3n) is 1.58. The number of nitrogens with one attached hydrogen (secondary N) is 1. The third kappa shape index (κ3) is 10.8. The van der Waals surface area contributed by atoms with E-state index in [1.165, 1.54) is 0 Å². The van der Waals surface area contributed by atoms with Crippen molar-refractivity contribution >= 4 is 21.7 Å². The fourth-order valence-corrected chi connectivity index (χ4v) is 1.56. The van der Waals surface area contributed by atoms with E-state index in [4.69, 9.17) is 5.11 Å². The minimum Gasteiger partial charge on any atom is -0.481 e. The van der Waals surface area contributed by atoms with Crippen LogP contribution in [0.25, 0.3) is 0 Å². The van der Waals surface area contributed by atoms with Gasteiger partial charge in [0.15, 0.2) is 0 Å². The van der Waals surface area contributed by atoms with Gasteiger partial charge in [0.2, 0.25) is 5.91 Å². The normalized spacial score (nSPS) is 11.0. The van der Waals surface area contributed by atoms with Crippen LogP contribution in [0, 0.1) is 0 Å². The molecule has 0 fully saturated rings. The van der Waals surface area contributed by atoms with E-state index < -0.39 is 15.8 Å². The molecule has 0 aromatic heterocycles. The van der Waals surface area contributed by atoms with E-state index in [9.17, 15) is 18.0 Å². The second kappa shape index (κ2) is 6.39. The molecule has 0 spiro atoms. The first-order valence-electron chi connectivity index (χ1n) is 4.47. The second-order valence-corrected chi connectivity index (χ2v) is 5.49. The Balaban J connectivity index is 3.54. The molecule has 0 saturated heterocycles. The van der Waals surface area contributed by atoms with Gasteiger partial charge in [0.1, 0.15) is 9.84 Å². The lowest BCUT2D eigenvalue weighted by molar-refractivity contribution is -0.136. The van der Waals surface area contributed by atoms with Gasteiger partial charge in [-0.05, 0) is 6.42 Å². The third-order valence-corrected chi connectivity index (χ3v) is 2.61. The fraction of sp³-hybridized carbons (Fsp3) is 0.750. The number of carboxylic acid groups (broad SMARTS) is 1.